The fourth-order valence-corrected chi connectivity index (χ4v) is 1.84. The highest BCUT2D eigenvalue weighted by Crippen LogP contribution is 2.15. The molecule has 94 valence electrons. The summed E-state index contributed by atoms with van der Waals surface area (Å²) < 4.78 is 0. The number of anilines is 2. The lowest BCUT2D eigenvalue weighted by atomic mass is 10.1. The molecule has 0 radical (unpaired) electrons. The first kappa shape index (κ1) is 12.4. The van der Waals surface area contributed by atoms with Gasteiger partial charge in [-0.15, -0.1) is 0 Å². The molecule has 0 aliphatic carbocycles. The fourth-order valence-electron chi connectivity index (χ4n) is 1.84. The van der Waals surface area contributed by atoms with Crippen molar-refractivity contribution >= 4 is 11.4 Å². The molecule has 0 amide bonds. The SMILES string of the molecule is CCNc1cncc(NCc2ccccc2C)c1. The van der Waals surface area contributed by atoms with Gasteiger partial charge in [-0.3, -0.25) is 4.98 Å². The van der Waals surface area contributed by atoms with E-state index in [1.54, 1.807) is 0 Å². The van der Waals surface area contributed by atoms with Gasteiger partial charge in [0.25, 0.3) is 0 Å². The Labute approximate surface area is 108 Å². The van der Waals surface area contributed by atoms with Crippen molar-refractivity contribution in [2.75, 3.05) is 17.2 Å². The fraction of sp³-hybridized carbons (Fsp3) is 0.267. The summed E-state index contributed by atoms with van der Waals surface area (Å²) in [7, 11) is 0. The highest BCUT2D eigenvalue weighted by atomic mass is 14.9. The third-order valence-electron chi connectivity index (χ3n) is 2.86. The molecule has 0 fully saturated rings. The zero-order chi connectivity index (χ0) is 12.8. The van der Waals surface area contributed by atoms with Gasteiger partial charge in [0.15, 0.2) is 0 Å². The second-order valence-corrected chi connectivity index (χ2v) is 4.27. The standard InChI is InChI=1S/C15H19N3/c1-3-17-14-8-15(11-16-10-14)18-9-13-7-5-4-6-12(13)2/h4-8,10-11,17-18H,3,9H2,1-2H3. The van der Waals surface area contributed by atoms with Crippen LogP contribution in [-0.2, 0) is 6.54 Å². The van der Waals surface area contributed by atoms with Crippen LogP contribution in [0.15, 0.2) is 42.7 Å². The molecule has 0 saturated heterocycles. The third kappa shape index (κ3) is 3.23. The maximum Gasteiger partial charge on any atom is 0.0550 e. The number of benzene rings is 1. The first-order valence-corrected chi connectivity index (χ1v) is 6.27. The van der Waals surface area contributed by atoms with Crippen molar-refractivity contribution in [2.24, 2.45) is 0 Å². The second-order valence-electron chi connectivity index (χ2n) is 4.27. The molecule has 1 aromatic heterocycles. The molecule has 3 heteroatoms. The zero-order valence-corrected chi connectivity index (χ0v) is 10.9. The average molecular weight is 241 g/mol. The molecule has 0 saturated carbocycles. The van der Waals surface area contributed by atoms with E-state index >= 15 is 0 Å². The summed E-state index contributed by atoms with van der Waals surface area (Å²) in [5.41, 5.74) is 4.70. The van der Waals surface area contributed by atoms with Gasteiger partial charge >= 0.3 is 0 Å². The van der Waals surface area contributed by atoms with Gasteiger partial charge in [0.2, 0.25) is 0 Å². The van der Waals surface area contributed by atoms with Crippen LogP contribution in [0.2, 0.25) is 0 Å². The first-order chi connectivity index (χ1) is 8.79. The largest absolute Gasteiger partial charge is 0.384 e. The van der Waals surface area contributed by atoms with Gasteiger partial charge in [-0.05, 0) is 31.0 Å². The van der Waals surface area contributed by atoms with Crippen LogP contribution in [0.25, 0.3) is 0 Å². The molecule has 2 N–H and O–H groups in total. The maximum atomic E-state index is 4.21. The summed E-state index contributed by atoms with van der Waals surface area (Å²) in [5, 5.41) is 6.65. The predicted octanol–water partition coefficient (Wildman–Crippen LogP) is 3.43. The third-order valence-corrected chi connectivity index (χ3v) is 2.86. The molecule has 2 aromatic rings. The number of nitrogens with one attached hydrogen (secondary N) is 2. The Hall–Kier alpha value is -2.03. The number of rotatable bonds is 5. The van der Waals surface area contributed by atoms with Crippen molar-refractivity contribution in [1.29, 1.82) is 0 Å². The van der Waals surface area contributed by atoms with Crippen LogP contribution < -0.4 is 10.6 Å². The minimum atomic E-state index is 0.823. The maximum absolute atomic E-state index is 4.21. The molecule has 0 spiro atoms. The van der Waals surface area contributed by atoms with E-state index in [1.807, 2.05) is 12.4 Å². The number of hydrogen-bond acceptors (Lipinski definition) is 3. The molecule has 1 aromatic carbocycles. The lowest BCUT2D eigenvalue weighted by Crippen LogP contribution is -2.03. The summed E-state index contributed by atoms with van der Waals surface area (Å²) in [4.78, 5) is 4.21. The van der Waals surface area contributed by atoms with Crippen molar-refractivity contribution in [2.45, 2.75) is 20.4 Å². The van der Waals surface area contributed by atoms with Crippen LogP contribution in [0.3, 0.4) is 0 Å². The summed E-state index contributed by atoms with van der Waals surface area (Å²) >= 11 is 0. The van der Waals surface area contributed by atoms with Gasteiger partial charge in [-0.2, -0.15) is 0 Å². The molecule has 0 aliphatic rings. The number of aromatic nitrogens is 1. The van der Waals surface area contributed by atoms with Gasteiger partial charge in [-0.1, -0.05) is 24.3 Å². The van der Waals surface area contributed by atoms with E-state index in [1.165, 1.54) is 11.1 Å². The minimum absolute atomic E-state index is 0.823. The Morgan fingerprint density at radius 3 is 2.50 bits per heavy atom. The molecule has 0 atom stereocenters. The van der Waals surface area contributed by atoms with Gasteiger partial charge < -0.3 is 10.6 Å². The van der Waals surface area contributed by atoms with Crippen LogP contribution in [0.5, 0.6) is 0 Å². The van der Waals surface area contributed by atoms with Crippen molar-refractivity contribution in [3.8, 4) is 0 Å². The van der Waals surface area contributed by atoms with Crippen LogP contribution in [-0.4, -0.2) is 11.5 Å². The van der Waals surface area contributed by atoms with E-state index in [0.717, 1.165) is 24.5 Å². The summed E-state index contributed by atoms with van der Waals surface area (Å²) in [5.74, 6) is 0. The molecule has 3 nitrogen and oxygen atoms in total. The number of hydrogen-bond donors (Lipinski definition) is 2. The van der Waals surface area contributed by atoms with Crippen LogP contribution >= 0.6 is 0 Å². The van der Waals surface area contributed by atoms with Gasteiger partial charge in [0, 0.05) is 13.1 Å². The minimum Gasteiger partial charge on any atom is -0.384 e. The Morgan fingerprint density at radius 2 is 1.78 bits per heavy atom. The Bertz CT molecular complexity index is 509. The lowest BCUT2D eigenvalue weighted by Gasteiger charge is -2.10. The van der Waals surface area contributed by atoms with Crippen molar-refractivity contribution < 1.29 is 0 Å². The smallest absolute Gasteiger partial charge is 0.0550 e. The van der Waals surface area contributed by atoms with Gasteiger partial charge in [0.05, 0.1) is 23.8 Å². The van der Waals surface area contributed by atoms with Gasteiger partial charge in [0.1, 0.15) is 0 Å². The van der Waals surface area contributed by atoms with Crippen LogP contribution in [0.1, 0.15) is 18.1 Å². The normalized spacial score (nSPS) is 10.1. The highest BCUT2D eigenvalue weighted by molar-refractivity contribution is 5.54. The molecule has 0 unspecified atom stereocenters. The second kappa shape index (κ2) is 6.05. The monoisotopic (exact) mass is 241 g/mol. The number of aryl methyl sites for hydroxylation is 1. The van der Waals surface area contributed by atoms with E-state index < -0.39 is 0 Å². The van der Waals surface area contributed by atoms with E-state index in [0.29, 0.717) is 0 Å². The van der Waals surface area contributed by atoms with Crippen molar-refractivity contribution in [3.05, 3.63) is 53.9 Å². The predicted molar refractivity (Wildman–Crippen MR) is 76.9 cm³/mol. The van der Waals surface area contributed by atoms with Crippen LogP contribution in [0, 0.1) is 6.92 Å². The average Bonchev–Trinajstić information content (AvgIpc) is 2.39. The Morgan fingerprint density at radius 1 is 1.06 bits per heavy atom. The first-order valence-electron chi connectivity index (χ1n) is 6.27. The van der Waals surface area contributed by atoms with Crippen molar-refractivity contribution in [3.63, 3.8) is 0 Å². The number of pyridine rings is 1. The molecule has 0 bridgehead atoms. The van der Waals surface area contributed by atoms with E-state index in [-0.39, 0.29) is 0 Å². The van der Waals surface area contributed by atoms with E-state index in [2.05, 4.69) is 59.8 Å². The zero-order valence-electron chi connectivity index (χ0n) is 10.9. The quantitative estimate of drug-likeness (QED) is 0.842. The number of nitrogens with zero attached hydrogens (tertiary/aromatic N) is 1. The molecular weight excluding hydrogens is 222 g/mol. The topological polar surface area (TPSA) is 37.0 Å². The Balaban J connectivity index is 2.02. The molecular formula is C15H19N3. The summed E-state index contributed by atoms with van der Waals surface area (Å²) in [6, 6.07) is 10.5. The lowest BCUT2D eigenvalue weighted by molar-refractivity contribution is 1.11. The van der Waals surface area contributed by atoms with Gasteiger partial charge in [-0.25, -0.2) is 0 Å². The summed E-state index contributed by atoms with van der Waals surface area (Å²) in [6.45, 7) is 5.94. The molecule has 2 rings (SSSR count). The Kier molecular flexibility index (Phi) is 4.18. The van der Waals surface area contributed by atoms with Crippen molar-refractivity contribution in [1.82, 2.24) is 4.98 Å². The van der Waals surface area contributed by atoms with E-state index in [9.17, 15) is 0 Å². The highest BCUT2D eigenvalue weighted by Gasteiger charge is 1.98. The molecule has 18 heavy (non-hydrogen) atoms. The van der Waals surface area contributed by atoms with Crippen LogP contribution in [0.4, 0.5) is 11.4 Å². The molecule has 0 aliphatic heterocycles. The van der Waals surface area contributed by atoms with E-state index in [4.69, 9.17) is 0 Å². The summed E-state index contributed by atoms with van der Waals surface area (Å²) in [6.07, 6.45) is 3.68. The molecule has 1 heterocycles.